The SMILES string of the molecule is Cc1nn(-c2ncnc3nc[nH]c23)c2c1C1(CC(=O)N2)C(=O)N(Cc2ccccc2Cl)c2ccccc21. The smallest absolute Gasteiger partial charge is 0.243 e. The van der Waals surface area contributed by atoms with Crippen LogP contribution in [0.2, 0.25) is 5.02 Å². The molecule has 5 aromatic rings. The Morgan fingerprint density at radius 3 is 2.73 bits per heavy atom. The molecule has 0 fully saturated rings. The molecule has 0 saturated carbocycles. The number of nitrogens with one attached hydrogen (secondary N) is 2. The number of amides is 2. The van der Waals surface area contributed by atoms with E-state index in [2.05, 4.69) is 25.3 Å². The molecule has 1 unspecified atom stereocenters. The number of aromatic nitrogens is 6. The van der Waals surface area contributed by atoms with Gasteiger partial charge in [0, 0.05) is 22.7 Å². The topological polar surface area (TPSA) is 122 Å². The van der Waals surface area contributed by atoms with E-state index in [-0.39, 0.29) is 24.8 Å². The number of rotatable bonds is 3. The van der Waals surface area contributed by atoms with Crippen molar-refractivity contribution >= 4 is 46.1 Å². The van der Waals surface area contributed by atoms with Crippen LogP contribution in [0.3, 0.4) is 0 Å². The summed E-state index contributed by atoms with van der Waals surface area (Å²) in [5.74, 6) is 0.356. The van der Waals surface area contributed by atoms with Crippen LogP contribution in [0.15, 0.2) is 61.2 Å². The van der Waals surface area contributed by atoms with Gasteiger partial charge in [-0.2, -0.15) is 9.78 Å². The molecule has 3 aromatic heterocycles. The van der Waals surface area contributed by atoms with Gasteiger partial charge < -0.3 is 15.2 Å². The number of benzene rings is 2. The second-order valence-corrected chi connectivity index (χ2v) is 9.56. The maximum atomic E-state index is 14.5. The number of anilines is 2. The summed E-state index contributed by atoms with van der Waals surface area (Å²) >= 11 is 6.46. The standard InChI is InChI=1S/C26H19ClN8O2/c1-14-20-23(35(33-14)24-21-22(29-12-28-21)30-13-31-24)32-19(36)10-26(20)16-7-3-5-9-18(16)34(25(26)37)11-15-6-2-4-8-17(15)27/h2-9,12-13H,10-11H2,1H3,(H,32,36)(H,28,29,30,31). The number of halogens is 1. The lowest BCUT2D eigenvalue weighted by atomic mass is 9.70. The largest absolute Gasteiger partial charge is 0.340 e. The van der Waals surface area contributed by atoms with Gasteiger partial charge in [-0.25, -0.2) is 15.0 Å². The van der Waals surface area contributed by atoms with Gasteiger partial charge in [0.15, 0.2) is 11.5 Å². The average molecular weight is 511 g/mol. The Morgan fingerprint density at radius 2 is 1.86 bits per heavy atom. The normalized spacial score (nSPS) is 18.4. The summed E-state index contributed by atoms with van der Waals surface area (Å²) in [5, 5.41) is 8.28. The van der Waals surface area contributed by atoms with Crippen molar-refractivity contribution in [3.63, 3.8) is 0 Å². The molecule has 2 N–H and O–H groups in total. The van der Waals surface area contributed by atoms with Gasteiger partial charge in [0.25, 0.3) is 0 Å². The molecule has 2 amide bonds. The summed E-state index contributed by atoms with van der Waals surface area (Å²) in [6.45, 7) is 2.12. The van der Waals surface area contributed by atoms with Crippen molar-refractivity contribution < 1.29 is 9.59 Å². The van der Waals surface area contributed by atoms with Gasteiger partial charge in [-0.15, -0.1) is 0 Å². The quantitative estimate of drug-likeness (QED) is 0.382. The van der Waals surface area contributed by atoms with E-state index in [1.165, 1.54) is 12.7 Å². The number of H-pyrrole nitrogens is 1. The Labute approximate surface area is 215 Å². The van der Waals surface area contributed by atoms with Gasteiger partial charge in [0.1, 0.15) is 23.1 Å². The first-order chi connectivity index (χ1) is 18.0. The maximum Gasteiger partial charge on any atom is 0.243 e. The molecule has 2 aliphatic rings. The van der Waals surface area contributed by atoms with Crippen molar-refractivity contribution in [3.05, 3.63) is 88.6 Å². The number of hydrogen-bond acceptors (Lipinski definition) is 6. The second-order valence-electron chi connectivity index (χ2n) is 9.15. The minimum Gasteiger partial charge on any atom is -0.340 e. The van der Waals surface area contributed by atoms with Crippen LogP contribution in [0.25, 0.3) is 17.0 Å². The van der Waals surface area contributed by atoms with Crippen LogP contribution in [0, 0.1) is 6.92 Å². The number of aromatic amines is 1. The molecule has 0 saturated heterocycles. The van der Waals surface area contributed by atoms with Crippen molar-refractivity contribution in [1.82, 2.24) is 29.7 Å². The zero-order chi connectivity index (χ0) is 25.3. The van der Waals surface area contributed by atoms with Gasteiger partial charge in [-0.05, 0) is 30.2 Å². The molecule has 10 nitrogen and oxygen atoms in total. The lowest BCUT2D eigenvalue weighted by molar-refractivity contribution is -0.126. The van der Waals surface area contributed by atoms with Crippen molar-refractivity contribution in [1.29, 1.82) is 0 Å². The Balaban J connectivity index is 1.46. The predicted molar refractivity (Wildman–Crippen MR) is 137 cm³/mol. The fourth-order valence-electron chi connectivity index (χ4n) is 5.62. The third kappa shape index (κ3) is 2.93. The zero-order valence-electron chi connectivity index (χ0n) is 19.6. The third-order valence-corrected chi connectivity index (χ3v) is 7.49. The number of hydrogen-bond donors (Lipinski definition) is 2. The van der Waals surface area contributed by atoms with Crippen LogP contribution < -0.4 is 10.2 Å². The van der Waals surface area contributed by atoms with Crippen LogP contribution in [0.1, 0.15) is 28.8 Å². The Hall–Kier alpha value is -4.57. The summed E-state index contributed by atoms with van der Waals surface area (Å²) in [4.78, 5) is 45.3. The molecule has 0 bridgehead atoms. The fraction of sp³-hybridized carbons (Fsp3) is 0.154. The summed E-state index contributed by atoms with van der Waals surface area (Å²) in [6, 6.07) is 15.0. The predicted octanol–water partition coefficient (Wildman–Crippen LogP) is 3.68. The highest BCUT2D eigenvalue weighted by Crippen LogP contribution is 2.53. The van der Waals surface area contributed by atoms with Gasteiger partial charge in [-0.3, -0.25) is 9.59 Å². The first-order valence-corrected chi connectivity index (χ1v) is 12.1. The molecule has 11 heteroatoms. The highest BCUT2D eigenvalue weighted by Gasteiger charge is 2.58. The number of carbonyl (C=O) groups excluding carboxylic acids is 2. The Morgan fingerprint density at radius 1 is 1.05 bits per heavy atom. The molecular formula is C26H19ClN8O2. The number of carbonyl (C=O) groups is 2. The van der Waals surface area contributed by atoms with Crippen LogP contribution in [-0.4, -0.2) is 41.5 Å². The first-order valence-electron chi connectivity index (χ1n) is 11.7. The molecule has 37 heavy (non-hydrogen) atoms. The van der Waals surface area contributed by atoms with E-state index in [9.17, 15) is 9.59 Å². The van der Waals surface area contributed by atoms with E-state index in [0.717, 1.165) is 16.8 Å². The molecule has 1 atom stereocenters. The van der Waals surface area contributed by atoms with Crippen molar-refractivity contribution in [3.8, 4) is 5.82 Å². The minimum absolute atomic E-state index is 0.0371. The van der Waals surface area contributed by atoms with Crippen LogP contribution in [0.4, 0.5) is 11.5 Å². The monoisotopic (exact) mass is 510 g/mol. The van der Waals surface area contributed by atoms with Crippen LogP contribution in [-0.2, 0) is 21.5 Å². The van der Waals surface area contributed by atoms with Crippen LogP contribution in [0.5, 0.6) is 0 Å². The molecule has 1 spiro atoms. The summed E-state index contributed by atoms with van der Waals surface area (Å²) in [7, 11) is 0. The van der Waals surface area contributed by atoms with E-state index in [4.69, 9.17) is 16.7 Å². The summed E-state index contributed by atoms with van der Waals surface area (Å²) in [5.41, 5.74) is 3.40. The highest BCUT2D eigenvalue weighted by molar-refractivity contribution is 6.31. The van der Waals surface area contributed by atoms with Crippen LogP contribution >= 0.6 is 11.6 Å². The lowest BCUT2D eigenvalue weighted by Gasteiger charge is -2.33. The first kappa shape index (κ1) is 21.7. The summed E-state index contributed by atoms with van der Waals surface area (Å²) in [6.07, 6.45) is 2.88. The maximum absolute atomic E-state index is 14.5. The molecule has 0 aliphatic carbocycles. The third-order valence-electron chi connectivity index (χ3n) is 7.13. The lowest BCUT2D eigenvalue weighted by Crippen LogP contribution is -2.46. The minimum atomic E-state index is -1.24. The number of fused-ring (bicyclic) bond motifs is 5. The highest BCUT2D eigenvalue weighted by atomic mass is 35.5. The van der Waals surface area contributed by atoms with Gasteiger partial charge in [0.2, 0.25) is 11.8 Å². The number of nitrogens with zero attached hydrogens (tertiary/aromatic N) is 6. The molecule has 0 radical (unpaired) electrons. The van der Waals surface area contributed by atoms with Gasteiger partial charge in [0.05, 0.1) is 18.6 Å². The van der Waals surface area contributed by atoms with Crippen molar-refractivity contribution in [2.75, 3.05) is 10.2 Å². The molecule has 7 rings (SSSR count). The van der Waals surface area contributed by atoms with E-state index < -0.39 is 5.41 Å². The molecule has 2 aromatic carbocycles. The number of imidazole rings is 1. The van der Waals surface area contributed by atoms with Crippen molar-refractivity contribution in [2.24, 2.45) is 0 Å². The number of aryl methyl sites for hydroxylation is 1. The average Bonchev–Trinajstić information content (AvgIpc) is 3.57. The van der Waals surface area contributed by atoms with E-state index in [0.29, 0.717) is 39.1 Å². The molecule has 182 valence electrons. The molecular weight excluding hydrogens is 492 g/mol. The fourth-order valence-corrected chi connectivity index (χ4v) is 5.81. The Bertz CT molecular complexity index is 1760. The molecule has 5 heterocycles. The Kier molecular flexibility index (Phi) is 4.52. The summed E-state index contributed by atoms with van der Waals surface area (Å²) < 4.78 is 1.55. The van der Waals surface area contributed by atoms with Gasteiger partial charge in [-0.1, -0.05) is 48.0 Å². The van der Waals surface area contributed by atoms with Crippen molar-refractivity contribution in [2.45, 2.75) is 25.3 Å². The van der Waals surface area contributed by atoms with E-state index in [1.807, 2.05) is 49.4 Å². The van der Waals surface area contributed by atoms with E-state index in [1.54, 1.807) is 15.6 Å². The molecule has 2 aliphatic heterocycles. The number of para-hydroxylation sites is 1. The second kappa shape index (κ2) is 7.71. The van der Waals surface area contributed by atoms with E-state index >= 15 is 0 Å². The van der Waals surface area contributed by atoms with Gasteiger partial charge >= 0.3 is 0 Å². The zero-order valence-corrected chi connectivity index (χ0v) is 20.3.